The molecule has 3 N–H and O–H groups in total. The van der Waals surface area contributed by atoms with Gasteiger partial charge in [0, 0.05) is 12.3 Å². The number of hydrogen-bond acceptors (Lipinski definition) is 5. The van der Waals surface area contributed by atoms with Gasteiger partial charge in [-0.15, -0.1) is 0 Å². The summed E-state index contributed by atoms with van der Waals surface area (Å²) in [6.07, 6.45) is -3.08. The van der Waals surface area contributed by atoms with Gasteiger partial charge in [0.1, 0.15) is 0 Å². The zero-order valence-electron chi connectivity index (χ0n) is 9.37. The molecule has 0 aliphatic carbocycles. The molecule has 2 heterocycles. The van der Waals surface area contributed by atoms with Gasteiger partial charge in [-0.3, -0.25) is 9.18 Å². The van der Waals surface area contributed by atoms with E-state index in [1.807, 2.05) is 0 Å². The lowest BCUT2D eigenvalue weighted by atomic mass is 10.0. The van der Waals surface area contributed by atoms with E-state index >= 15 is 0 Å². The normalized spacial score (nSPS) is 40.1. The summed E-state index contributed by atoms with van der Waals surface area (Å²) in [5.41, 5.74) is 0. The first kappa shape index (κ1) is 13.2. The Morgan fingerprint density at radius 3 is 2.78 bits per heavy atom. The SMILES string of the molecule is O=C1C=CN(C2OC(CO)C(CF)C2F)C(O)N1. The second-order valence-electron chi connectivity index (χ2n) is 4.16. The Balaban J connectivity index is 2.14. The highest BCUT2D eigenvalue weighted by molar-refractivity contribution is 5.88. The Bertz CT molecular complexity index is 355. The van der Waals surface area contributed by atoms with E-state index in [4.69, 9.17) is 9.84 Å². The molecule has 8 heteroatoms. The van der Waals surface area contributed by atoms with E-state index in [2.05, 4.69) is 5.32 Å². The van der Waals surface area contributed by atoms with E-state index < -0.39 is 50.0 Å². The Morgan fingerprint density at radius 2 is 2.28 bits per heavy atom. The Kier molecular flexibility index (Phi) is 3.79. The zero-order chi connectivity index (χ0) is 13.3. The van der Waals surface area contributed by atoms with Crippen LogP contribution in [0.3, 0.4) is 0 Å². The maximum Gasteiger partial charge on any atom is 0.248 e. The summed E-state index contributed by atoms with van der Waals surface area (Å²) >= 11 is 0. The van der Waals surface area contributed by atoms with Gasteiger partial charge >= 0.3 is 0 Å². The van der Waals surface area contributed by atoms with E-state index in [0.717, 1.165) is 11.0 Å². The van der Waals surface area contributed by atoms with Crippen molar-refractivity contribution in [2.75, 3.05) is 13.3 Å². The predicted molar refractivity (Wildman–Crippen MR) is 55.2 cm³/mol. The molecule has 1 fully saturated rings. The lowest BCUT2D eigenvalue weighted by Gasteiger charge is -2.34. The fourth-order valence-electron chi connectivity index (χ4n) is 2.08. The van der Waals surface area contributed by atoms with Crippen LogP contribution in [0.4, 0.5) is 8.78 Å². The number of amides is 1. The van der Waals surface area contributed by atoms with E-state index in [1.165, 1.54) is 6.20 Å². The van der Waals surface area contributed by atoms with Crippen LogP contribution >= 0.6 is 0 Å². The molecule has 0 bridgehead atoms. The molecular formula is C10H14F2N2O4. The molecule has 6 nitrogen and oxygen atoms in total. The molecule has 0 radical (unpaired) electrons. The second-order valence-corrected chi connectivity index (χ2v) is 4.16. The van der Waals surface area contributed by atoms with Crippen molar-refractivity contribution in [1.29, 1.82) is 0 Å². The summed E-state index contributed by atoms with van der Waals surface area (Å²) < 4.78 is 31.8. The van der Waals surface area contributed by atoms with Gasteiger partial charge < -0.3 is 25.2 Å². The monoisotopic (exact) mass is 264 g/mol. The highest BCUT2D eigenvalue weighted by Crippen LogP contribution is 2.33. The molecule has 102 valence electrons. The molecule has 2 aliphatic rings. The number of aliphatic hydroxyl groups is 2. The number of alkyl halides is 2. The summed E-state index contributed by atoms with van der Waals surface area (Å²) in [4.78, 5) is 12.0. The molecular weight excluding hydrogens is 250 g/mol. The molecule has 1 amide bonds. The van der Waals surface area contributed by atoms with Crippen molar-refractivity contribution in [2.24, 2.45) is 5.92 Å². The lowest BCUT2D eigenvalue weighted by Crippen LogP contribution is -2.54. The van der Waals surface area contributed by atoms with Gasteiger partial charge in [0.05, 0.1) is 25.3 Å². The standard InChI is InChI=1S/C10H14F2N2O4/c11-3-5-6(4-15)18-9(8(5)12)14-2-1-7(16)13-10(14)17/h1-2,5-6,8-10,15,17H,3-4H2,(H,13,16). The summed E-state index contributed by atoms with van der Waals surface area (Å²) in [5, 5.41) is 20.7. The maximum atomic E-state index is 14.0. The molecule has 0 aromatic rings. The first-order valence-electron chi connectivity index (χ1n) is 5.49. The van der Waals surface area contributed by atoms with E-state index in [1.54, 1.807) is 0 Å². The zero-order valence-corrected chi connectivity index (χ0v) is 9.37. The Morgan fingerprint density at radius 1 is 1.56 bits per heavy atom. The summed E-state index contributed by atoms with van der Waals surface area (Å²) in [7, 11) is 0. The summed E-state index contributed by atoms with van der Waals surface area (Å²) in [6, 6.07) is 0. The van der Waals surface area contributed by atoms with Crippen LogP contribution in [0.5, 0.6) is 0 Å². The fourth-order valence-corrected chi connectivity index (χ4v) is 2.08. The summed E-state index contributed by atoms with van der Waals surface area (Å²) in [5.74, 6) is -1.61. The predicted octanol–water partition coefficient (Wildman–Crippen LogP) is -1.15. The van der Waals surface area contributed by atoms with Gasteiger partial charge in [-0.2, -0.15) is 0 Å². The number of hydrogen-bond donors (Lipinski definition) is 3. The second kappa shape index (κ2) is 5.17. The van der Waals surface area contributed by atoms with Crippen molar-refractivity contribution in [3.8, 4) is 0 Å². The highest BCUT2D eigenvalue weighted by Gasteiger charge is 2.48. The van der Waals surface area contributed by atoms with Crippen LogP contribution in [-0.2, 0) is 9.53 Å². The number of aliphatic hydroxyl groups excluding tert-OH is 2. The number of rotatable bonds is 3. The number of ether oxygens (including phenoxy) is 1. The largest absolute Gasteiger partial charge is 0.394 e. The highest BCUT2D eigenvalue weighted by atomic mass is 19.1. The Labute approximate surface area is 102 Å². The summed E-state index contributed by atoms with van der Waals surface area (Å²) in [6.45, 7) is -1.48. The van der Waals surface area contributed by atoms with Crippen LogP contribution in [0, 0.1) is 5.92 Å². The molecule has 2 rings (SSSR count). The van der Waals surface area contributed by atoms with Gasteiger partial charge in [-0.25, -0.2) is 4.39 Å². The van der Waals surface area contributed by atoms with Crippen molar-refractivity contribution in [2.45, 2.75) is 24.9 Å². The first-order valence-corrected chi connectivity index (χ1v) is 5.49. The lowest BCUT2D eigenvalue weighted by molar-refractivity contribution is -0.147. The maximum absolute atomic E-state index is 14.0. The third kappa shape index (κ3) is 2.18. The van der Waals surface area contributed by atoms with Gasteiger partial charge in [0.25, 0.3) is 0 Å². The molecule has 5 unspecified atom stereocenters. The number of carbonyl (C=O) groups excluding carboxylic acids is 1. The van der Waals surface area contributed by atoms with Gasteiger partial charge in [0.15, 0.2) is 12.4 Å². The smallest absolute Gasteiger partial charge is 0.248 e. The third-order valence-electron chi connectivity index (χ3n) is 3.08. The molecule has 0 aromatic carbocycles. The molecule has 18 heavy (non-hydrogen) atoms. The van der Waals surface area contributed by atoms with Crippen LogP contribution < -0.4 is 5.32 Å². The number of carbonyl (C=O) groups is 1. The topological polar surface area (TPSA) is 82.0 Å². The van der Waals surface area contributed by atoms with E-state index in [0.29, 0.717) is 0 Å². The minimum atomic E-state index is -1.71. The fraction of sp³-hybridized carbons (Fsp3) is 0.700. The molecule has 1 saturated heterocycles. The molecule has 0 spiro atoms. The molecule has 2 aliphatic heterocycles. The van der Waals surface area contributed by atoms with Crippen molar-refractivity contribution in [3.63, 3.8) is 0 Å². The van der Waals surface area contributed by atoms with Crippen molar-refractivity contribution in [3.05, 3.63) is 12.3 Å². The van der Waals surface area contributed by atoms with Gasteiger partial charge in [0.2, 0.25) is 12.3 Å². The van der Waals surface area contributed by atoms with Crippen LogP contribution in [0.25, 0.3) is 0 Å². The van der Waals surface area contributed by atoms with Gasteiger partial charge in [-0.05, 0) is 0 Å². The number of halogens is 2. The van der Waals surface area contributed by atoms with E-state index in [9.17, 15) is 18.7 Å². The first-order chi connectivity index (χ1) is 8.58. The van der Waals surface area contributed by atoms with Crippen molar-refractivity contribution < 1.29 is 28.5 Å². The molecule has 5 atom stereocenters. The minimum Gasteiger partial charge on any atom is -0.394 e. The third-order valence-corrected chi connectivity index (χ3v) is 3.08. The van der Waals surface area contributed by atoms with Crippen LogP contribution in [-0.4, -0.2) is 59.2 Å². The number of nitrogens with zero attached hydrogens (tertiary/aromatic N) is 1. The molecule has 0 saturated carbocycles. The number of nitrogens with one attached hydrogen (secondary N) is 1. The van der Waals surface area contributed by atoms with Crippen LogP contribution in [0.1, 0.15) is 0 Å². The van der Waals surface area contributed by atoms with Crippen molar-refractivity contribution in [1.82, 2.24) is 10.2 Å². The molecule has 0 aromatic heterocycles. The minimum absolute atomic E-state index is 0.508. The van der Waals surface area contributed by atoms with Crippen molar-refractivity contribution >= 4 is 5.91 Å². The van der Waals surface area contributed by atoms with E-state index in [-0.39, 0.29) is 0 Å². The van der Waals surface area contributed by atoms with Gasteiger partial charge in [-0.1, -0.05) is 0 Å². The Hall–Kier alpha value is -1.25. The van der Waals surface area contributed by atoms with Crippen LogP contribution in [0.2, 0.25) is 0 Å². The average Bonchev–Trinajstić information content (AvgIpc) is 2.66. The average molecular weight is 264 g/mol. The van der Waals surface area contributed by atoms with Crippen LogP contribution in [0.15, 0.2) is 12.3 Å². The quantitative estimate of drug-likeness (QED) is 0.599.